The average molecular weight is 295 g/mol. The van der Waals surface area contributed by atoms with E-state index >= 15 is 0 Å². The van der Waals surface area contributed by atoms with Gasteiger partial charge in [-0.1, -0.05) is 0 Å². The molecule has 20 heavy (non-hydrogen) atoms. The van der Waals surface area contributed by atoms with E-state index in [0.717, 1.165) is 11.8 Å². The summed E-state index contributed by atoms with van der Waals surface area (Å²) in [5.41, 5.74) is 1.74. The van der Waals surface area contributed by atoms with Gasteiger partial charge in [-0.25, -0.2) is 15.8 Å². The van der Waals surface area contributed by atoms with E-state index in [9.17, 15) is 14.9 Å². The van der Waals surface area contributed by atoms with Crippen LogP contribution in [0.4, 0.5) is 11.6 Å². The molecule has 2 heterocycles. The third-order valence-electron chi connectivity index (χ3n) is 2.18. The van der Waals surface area contributed by atoms with Gasteiger partial charge in [0.1, 0.15) is 5.69 Å². The molecule has 2 aromatic rings. The fourth-order valence-corrected chi connectivity index (χ4v) is 2.28. The molecule has 2 rings (SSSR count). The number of aryl methyl sites for hydroxylation is 1. The number of nitro groups is 1. The van der Waals surface area contributed by atoms with E-state index in [1.807, 2.05) is 0 Å². The zero-order valence-corrected chi connectivity index (χ0v) is 11.0. The van der Waals surface area contributed by atoms with Gasteiger partial charge < -0.3 is 4.98 Å². The molecule has 11 heteroatoms. The molecular formula is C9H9N7O3S. The molecule has 2 aromatic heterocycles. The highest BCUT2D eigenvalue weighted by Gasteiger charge is 2.23. The first-order valence-electron chi connectivity index (χ1n) is 5.24. The Morgan fingerprint density at radius 2 is 2.25 bits per heavy atom. The van der Waals surface area contributed by atoms with E-state index in [1.165, 1.54) is 19.2 Å². The maximum atomic E-state index is 11.2. The van der Waals surface area contributed by atoms with Crippen molar-refractivity contribution >= 4 is 23.4 Å². The van der Waals surface area contributed by atoms with Crippen LogP contribution in [0.5, 0.6) is 0 Å². The van der Waals surface area contributed by atoms with E-state index in [2.05, 4.69) is 25.4 Å². The van der Waals surface area contributed by atoms with Crippen LogP contribution in [-0.4, -0.2) is 24.9 Å². The number of H-pyrrole nitrogens is 1. The lowest BCUT2D eigenvalue weighted by molar-refractivity contribution is -0.389. The molecule has 0 atom stereocenters. The van der Waals surface area contributed by atoms with Gasteiger partial charge in [0.2, 0.25) is 5.95 Å². The first-order valence-corrected chi connectivity index (χ1v) is 6.05. The minimum absolute atomic E-state index is 0.0322. The van der Waals surface area contributed by atoms with Gasteiger partial charge in [0.05, 0.1) is 4.92 Å². The van der Waals surface area contributed by atoms with E-state index < -0.39 is 4.92 Å². The monoisotopic (exact) mass is 295 g/mol. The molecule has 4 N–H and O–H groups in total. The Morgan fingerprint density at radius 3 is 2.85 bits per heavy atom. The summed E-state index contributed by atoms with van der Waals surface area (Å²) in [7, 11) is 0. The zero-order valence-electron chi connectivity index (χ0n) is 10.2. The van der Waals surface area contributed by atoms with Crippen molar-refractivity contribution in [3.8, 4) is 0 Å². The van der Waals surface area contributed by atoms with Crippen molar-refractivity contribution in [1.29, 1.82) is 0 Å². The summed E-state index contributed by atoms with van der Waals surface area (Å²) in [6, 6.07) is 1.23. The first-order chi connectivity index (χ1) is 9.51. The smallest absolute Gasteiger partial charge is 0.301 e. The van der Waals surface area contributed by atoms with Crippen LogP contribution in [0.15, 0.2) is 27.2 Å². The normalized spacial score (nSPS) is 10.3. The van der Waals surface area contributed by atoms with Crippen LogP contribution < -0.4 is 16.8 Å². The van der Waals surface area contributed by atoms with E-state index in [0.29, 0.717) is 0 Å². The molecule has 0 amide bonds. The second-order valence-electron chi connectivity index (χ2n) is 3.53. The number of nitrogens with zero attached hydrogens (tertiary/aromatic N) is 4. The number of aromatic nitrogens is 4. The van der Waals surface area contributed by atoms with Crippen LogP contribution >= 0.6 is 11.8 Å². The summed E-state index contributed by atoms with van der Waals surface area (Å²) in [5.74, 6) is 5.24. The third-order valence-corrected chi connectivity index (χ3v) is 3.06. The number of aromatic amines is 1. The van der Waals surface area contributed by atoms with E-state index in [-0.39, 0.29) is 33.1 Å². The number of hydrogen-bond acceptors (Lipinski definition) is 9. The van der Waals surface area contributed by atoms with Gasteiger partial charge >= 0.3 is 5.69 Å². The van der Waals surface area contributed by atoms with Crippen LogP contribution in [0.3, 0.4) is 0 Å². The largest absolute Gasteiger partial charge is 0.322 e. The van der Waals surface area contributed by atoms with Crippen LogP contribution in [-0.2, 0) is 0 Å². The van der Waals surface area contributed by atoms with Gasteiger partial charge in [0.15, 0.2) is 10.2 Å². The van der Waals surface area contributed by atoms with Crippen molar-refractivity contribution in [1.82, 2.24) is 19.9 Å². The topological polar surface area (TPSA) is 153 Å². The molecule has 0 bridgehead atoms. The minimum Gasteiger partial charge on any atom is -0.301 e. The summed E-state index contributed by atoms with van der Waals surface area (Å²) in [4.78, 5) is 35.7. The maximum Gasteiger partial charge on any atom is 0.322 e. The molecule has 104 valence electrons. The Morgan fingerprint density at radius 1 is 1.50 bits per heavy atom. The van der Waals surface area contributed by atoms with E-state index in [1.54, 1.807) is 0 Å². The van der Waals surface area contributed by atoms with E-state index in [4.69, 9.17) is 5.84 Å². The second kappa shape index (κ2) is 5.63. The molecule has 0 spiro atoms. The number of hydrogen-bond donors (Lipinski definition) is 3. The molecule has 0 saturated carbocycles. The van der Waals surface area contributed by atoms with Crippen molar-refractivity contribution < 1.29 is 4.92 Å². The molecule has 0 aromatic carbocycles. The highest BCUT2D eigenvalue weighted by Crippen LogP contribution is 2.33. The highest BCUT2D eigenvalue weighted by atomic mass is 32.2. The summed E-state index contributed by atoms with van der Waals surface area (Å²) in [5, 5.41) is 11.3. The maximum absolute atomic E-state index is 11.2. The van der Waals surface area contributed by atoms with Crippen LogP contribution in [0.25, 0.3) is 0 Å². The lowest BCUT2D eigenvalue weighted by atomic mass is 10.4. The summed E-state index contributed by atoms with van der Waals surface area (Å²) in [6.45, 7) is 1.46. The fraction of sp³-hybridized carbons (Fsp3) is 0.111. The molecule has 0 fully saturated rings. The van der Waals surface area contributed by atoms with Gasteiger partial charge in [-0.15, -0.1) is 0 Å². The SMILES string of the molecule is Cc1nc(NN)nc(Sc2nccc(=O)[nH]2)c1[N+](=O)[O-]. The average Bonchev–Trinajstić information content (AvgIpc) is 2.37. The molecule has 0 aliphatic carbocycles. The van der Waals surface area contributed by atoms with Crippen molar-refractivity contribution in [2.75, 3.05) is 5.43 Å². The Balaban J connectivity index is 2.51. The summed E-state index contributed by atoms with van der Waals surface area (Å²) in [6.07, 6.45) is 1.29. The number of anilines is 1. The molecule has 0 aliphatic rings. The van der Waals surface area contributed by atoms with Gasteiger partial charge in [-0.05, 0) is 18.7 Å². The third kappa shape index (κ3) is 2.89. The molecular weight excluding hydrogens is 286 g/mol. The minimum atomic E-state index is -0.598. The number of rotatable bonds is 4. The molecule has 0 saturated heterocycles. The van der Waals surface area contributed by atoms with Crippen molar-refractivity contribution in [2.45, 2.75) is 17.1 Å². The number of nitrogen functional groups attached to an aromatic ring is 1. The standard InChI is InChI=1S/C9H9N7O3S/c1-4-6(16(18)19)7(14-8(12-4)15-10)20-9-11-3-2-5(17)13-9/h2-3H,10H2,1H3,(H,11,13,17)(H,12,14,15). The Hall–Kier alpha value is -2.53. The quantitative estimate of drug-likeness (QED) is 0.236. The van der Waals surface area contributed by atoms with Gasteiger partial charge in [0, 0.05) is 12.3 Å². The number of hydrazine groups is 1. The molecule has 10 nitrogen and oxygen atoms in total. The van der Waals surface area contributed by atoms with Gasteiger partial charge in [0.25, 0.3) is 5.56 Å². The van der Waals surface area contributed by atoms with Gasteiger partial charge in [-0.2, -0.15) is 4.98 Å². The van der Waals surface area contributed by atoms with Gasteiger partial charge in [-0.3, -0.25) is 20.3 Å². The van der Waals surface area contributed by atoms with Crippen molar-refractivity contribution in [2.24, 2.45) is 5.84 Å². The van der Waals surface area contributed by atoms with Crippen LogP contribution in [0.1, 0.15) is 5.69 Å². The number of nitrogens with one attached hydrogen (secondary N) is 2. The summed E-state index contributed by atoms with van der Waals surface area (Å²) >= 11 is 0.845. The fourth-order valence-electron chi connectivity index (χ4n) is 1.38. The first kappa shape index (κ1) is 13.9. The highest BCUT2D eigenvalue weighted by molar-refractivity contribution is 7.99. The lowest BCUT2D eigenvalue weighted by Gasteiger charge is -2.05. The predicted molar refractivity (Wildman–Crippen MR) is 70.2 cm³/mol. The zero-order chi connectivity index (χ0) is 14.7. The molecule has 0 radical (unpaired) electrons. The van der Waals surface area contributed by atoms with Crippen molar-refractivity contribution in [3.05, 3.63) is 38.4 Å². The Bertz CT molecular complexity index is 717. The Labute approximate surface area is 116 Å². The second-order valence-corrected chi connectivity index (χ2v) is 4.51. The number of nitrogens with two attached hydrogens (primary N) is 1. The van der Waals surface area contributed by atoms with Crippen molar-refractivity contribution in [3.63, 3.8) is 0 Å². The summed E-state index contributed by atoms with van der Waals surface area (Å²) < 4.78 is 0. The lowest BCUT2D eigenvalue weighted by Crippen LogP contribution is -2.13. The van der Waals surface area contributed by atoms with Crippen LogP contribution in [0, 0.1) is 17.0 Å². The molecule has 0 aliphatic heterocycles. The van der Waals surface area contributed by atoms with Crippen LogP contribution in [0.2, 0.25) is 0 Å². The molecule has 0 unspecified atom stereocenters. The predicted octanol–water partition coefficient (Wildman–Crippen LogP) is 0.213. The Kier molecular flexibility index (Phi) is 3.91.